The second-order valence-corrected chi connectivity index (χ2v) is 4.30. The van der Waals surface area contributed by atoms with Crippen LogP contribution in [0.5, 0.6) is 0 Å². The minimum absolute atomic E-state index is 0.0593. The summed E-state index contributed by atoms with van der Waals surface area (Å²) in [5.74, 6) is 0.287. The second kappa shape index (κ2) is 6.45. The molecule has 0 saturated heterocycles. The van der Waals surface area contributed by atoms with E-state index in [1.165, 1.54) is 10.6 Å². The lowest BCUT2D eigenvalue weighted by Crippen LogP contribution is -2.35. The smallest absolute Gasteiger partial charge is 0.251 e. The Balaban J connectivity index is 2.75. The molecule has 0 radical (unpaired) electrons. The van der Waals surface area contributed by atoms with Crippen LogP contribution in [0.2, 0.25) is 0 Å². The molecule has 1 atom stereocenters. The van der Waals surface area contributed by atoms with Crippen molar-refractivity contribution < 1.29 is 4.79 Å². The molecule has 1 heterocycles. The van der Waals surface area contributed by atoms with E-state index in [4.69, 9.17) is 11.6 Å². The summed E-state index contributed by atoms with van der Waals surface area (Å²) in [7, 11) is 1.65. The van der Waals surface area contributed by atoms with Crippen molar-refractivity contribution in [3.63, 3.8) is 0 Å². The molecule has 0 aliphatic heterocycles. The predicted molar refractivity (Wildman–Crippen MR) is 68.6 cm³/mol. The molecule has 1 aromatic rings. The Labute approximate surface area is 106 Å². The van der Waals surface area contributed by atoms with Crippen LogP contribution in [-0.4, -0.2) is 22.4 Å². The maximum absolute atomic E-state index is 11.8. The highest BCUT2D eigenvalue weighted by atomic mass is 35.5. The first-order chi connectivity index (χ1) is 8.08. The Morgan fingerprint density at radius 1 is 1.59 bits per heavy atom. The Bertz CT molecular complexity index is 442. The van der Waals surface area contributed by atoms with Gasteiger partial charge in [0.1, 0.15) is 0 Å². The van der Waals surface area contributed by atoms with E-state index in [1.54, 1.807) is 19.3 Å². The number of nitrogens with one attached hydrogen (secondary N) is 1. The molecule has 0 fully saturated rings. The van der Waals surface area contributed by atoms with E-state index in [9.17, 15) is 9.59 Å². The number of alkyl halides is 1. The Morgan fingerprint density at radius 3 is 2.82 bits per heavy atom. The maximum Gasteiger partial charge on any atom is 0.251 e. The van der Waals surface area contributed by atoms with Crippen molar-refractivity contribution in [1.82, 2.24) is 9.88 Å². The zero-order valence-corrected chi connectivity index (χ0v) is 10.8. The highest BCUT2D eigenvalue weighted by Crippen LogP contribution is 2.02. The van der Waals surface area contributed by atoms with E-state index in [2.05, 4.69) is 5.32 Å². The number of nitrogens with zero attached hydrogens (tertiary/aromatic N) is 1. The molecule has 1 N–H and O–H groups in total. The summed E-state index contributed by atoms with van der Waals surface area (Å²) in [6, 6.07) is 3.02. The third kappa shape index (κ3) is 3.89. The Hall–Kier alpha value is -1.29. The maximum atomic E-state index is 11.8. The summed E-state index contributed by atoms with van der Waals surface area (Å²) in [6.07, 6.45) is 3.14. The molecule has 1 unspecified atom stereocenters. The molecule has 1 aromatic heterocycles. The molecular formula is C12H17ClN2O2. The molecule has 1 rings (SSSR count). The number of halogens is 1. The fourth-order valence-corrected chi connectivity index (χ4v) is 1.73. The van der Waals surface area contributed by atoms with Gasteiger partial charge >= 0.3 is 0 Å². The van der Waals surface area contributed by atoms with Gasteiger partial charge in [0.15, 0.2) is 0 Å². The normalized spacial score (nSPS) is 12.2. The molecule has 94 valence electrons. The van der Waals surface area contributed by atoms with E-state index in [0.717, 1.165) is 12.8 Å². The van der Waals surface area contributed by atoms with Crippen molar-refractivity contribution in [2.45, 2.75) is 25.8 Å². The number of pyridine rings is 1. The quantitative estimate of drug-likeness (QED) is 0.813. The molecule has 0 bridgehead atoms. The van der Waals surface area contributed by atoms with Gasteiger partial charge in [0.25, 0.3) is 11.5 Å². The Morgan fingerprint density at radius 2 is 2.29 bits per heavy atom. The van der Waals surface area contributed by atoms with Crippen LogP contribution in [-0.2, 0) is 7.05 Å². The minimum Gasteiger partial charge on any atom is -0.349 e. The number of rotatable bonds is 5. The summed E-state index contributed by atoms with van der Waals surface area (Å²) in [4.78, 5) is 23.2. The average Bonchev–Trinajstić information content (AvgIpc) is 2.31. The molecule has 0 saturated carbocycles. The molecule has 1 amide bonds. The zero-order chi connectivity index (χ0) is 12.8. The number of hydrogen-bond donors (Lipinski definition) is 1. The van der Waals surface area contributed by atoms with Crippen LogP contribution in [0.15, 0.2) is 23.1 Å². The second-order valence-electron chi connectivity index (χ2n) is 3.92. The molecule has 4 nitrogen and oxygen atoms in total. The van der Waals surface area contributed by atoms with Gasteiger partial charge in [0.2, 0.25) is 0 Å². The van der Waals surface area contributed by atoms with Gasteiger partial charge in [-0.15, -0.1) is 11.6 Å². The summed E-state index contributed by atoms with van der Waals surface area (Å²) in [5.41, 5.74) is 0.198. The third-order valence-electron chi connectivity index (χ3n) is 2.65. The predicted octanol–water partition coefficient (Wildman–Crippen LogP) is 1.52. The van der Waals surface area contributed by atoms with Crippen molar-refractivity contribution in [3.05, 3.63) is 34.2 Å². The summed E-state index contributed by atoms with van der Waals surface area (Å²) in [6.45, 7) is 1.99. The average molecular weight is 257 g/mol. The summed E-state index contributed by atoms with van der Waals surface area (Å²) in [5, 5.41) is 2.86. The van der Waals surface area contributed by atoms with Gasteiger partial charge in [0, 0.05) is 36.8 Å². The van der Waals surface area contributed by atoms with E-state index in [-0.39, 0.29) is 17.5 Å². The lowest BCUT2D eigenvalue weighted by Gasteiger charge is -2.15. The molecular weight excluding hydrogens is 240 g/mol. The van der Waals surface area contributed by atoms with Crippen LogP contribution in [0.1, 0.15) is 30.1 Å². The first-order valence-electron chi connectivity index (χ1n) is 5.62. The van der Waals surface area contributed by atoms with Gasteiger partial charge in [0.05, 0.1) is 0 Å². The molecule has 0 aromatic carbocycles. The molecule has 17 heavy (non-hydrogen) atoms. The summed E-state index contributed by atoms with van der Waals surface area (Å²) >= 11 is 5.65. The molecule has 0 aliphatic rings. The summed E-state index contributed by atoms with van der Waals surface area (Å²) < 4.78 is 1.42. The SMILES string of the molecule is CCC(CCCl)NC(=O)c1ccn(C)c(=O)c1. The minimum atomic E-state index is -0.223. The number of carbonyl (C=O) groups excluding carboxylic acids is 1. The third-order valence-corrected chi connectivity index (χ3v) is 2.87. The lowest BCUT2D eigenvalue weighted by atomic mass is 10.1. The van der Waals surface area contributed by atoms with Crippen LogP contribution in [0.25, 0.3) is 0 Å². The van der Waals surface area contributed by atoms with Crippen LogP contribution < -0.4 is 10.9 Å². The molecule has 5 heteroatoms. The van der Waals surface area contributed by atoms with Gasteiger partial charge < -0.3 is 9.88 Å². The van der Waals surface area contributed by atoms with Crippen molar-refractivity contribution in [2.75, 3.05) is 5.88 Å². The van der Waals surface area contributed by atoms with Crippen LogP contribution in [0.3, 0.4) is 0 Å². The van der Waals surface area contributed by atoms with Crippen LogP contribution in [0.4, 0.5) is 0 Å². The fraction of sp³-hybridized carbons (Fsp3) is 0.500. The van der Waals surface area contributed by atoms with Crippen molar-refractivity contribution in [3.8, 4) is 0 Å². The zero-order valence-electron chi connectivity index (χ0n) is 10.1. The molecule has 0 aliphatic carbocycles. The van der Waals surface area contributed by atoms with E-state index in [1.807, 2.05) is 6.92 Å². The Kier molecular flexibility index (Phi) is 5.22. The van der Waals surface area contributed by atoms with Crippen molar-refractivity contribution >= 4 is 17.5 Å². The number of aryl methyl sites for hydroxylation is 1. The van der Waals surface area contributed by atoms with Gasteiger partial charge in [-0.05, 0) is 18.9 Å². The van der Waals surface area contributed by atoms with Gasteiger partial charge in [-0.3, -0.25) is 9.59 Å². The largest absolute Gasteiger partial charge is 0.349 e. The number of amides is 1. The highest BCUT2D eigenvalue weighted by Gasteiger charge is 2.12. The first-order valence-corrected chi connectivity index (χ1v) is 6.15. The standard InChI is InChI=1S/C12H17ClN2O2/c1-3-10(4-6-13)14-12(17)9-5-7-15(2)11(16)8-9/h5,7-8,10H,3-4,6H2,1-2H3,(H,14,17). The monoisotopic (exact) mass is 256 g/mol. The van der Waals surface area contributed by atoms with Gasteiger partial charge in [-0.25, -0.2) is 0 Å². The van der Waals surface area contributed by atoms with E-state index in [0.29, 0.717) is 11.4 Å². The van der Waals surface area contributed by atoms with Gasteiger partial charge in [-0.1, -0.05) is 6.92 Å². The van der Waals surface area contributed by atoms with Gasteiger partial charge in [-0.2, -0.15) is 0 Å². The molecule has 0 spiro atoms. The van der Waals surface area contributed by atoms with Crippen LogP contribution >= 0.6 is 11.6 Å². The number of carbonyl (C=O) groups is 1. The topological polar surface area (TPSA) is 51.1 Å². The lowest BCUT2D eigenvalue weighted by molar-refractivity contribution is 0.0935. The van der Waals surface area contributed by atoms with E-state index >= 15 is 0 Å². The van der Waals surface area contributed by atoms with Crippen molar-refractivity contribution in [2.24, 2.45) is 7.05 Å². The first kappa shape index (κ1) is 13.8. The van der Waals surface area contributed by atoms with E-state index < -0.39 is 0 Å². The van der Waals surface area contributed by atoms with Crippen molar-refractivity contribution in [1.29, 1.82) is 0 Å². The van der Waals surface area contributed by atoms with Crippen LogP contribution in [0, 0.1) is 0 Å². The fourth-order valence-electron chi connectivity index (χ4n) is 1.47. The highest BCUT2D eigenvalue weighted by molar-refractivity contribution is 6.17. The number of aromatic nitrogens is 1. The number of hydrogen-bond acceptors (Lipinski definition) is 2.